The van der Waals surface area contributed by atoms with Gasteiger partial charge in [-0.05, 0) is 13.8 Å². The number of aromatic nitrogens is 1. The number of urea groups is 1. The maximum atomic E-state index is 12.1. The van der Waals surface area contributed by atoms with Crippen LogP contribution in [0.15, 0.2) is 10.6 Å². The SMILES string of the molecule is Cc1cc(CN(C)C(=O)NC[C@@H](C)N2CCOCC2)no1. The summed E-state index contributed by atoms with van der Waals surface area (Å²) in [6.45, 7) is 8.40. The first-order chi connectivity index (χ1) is 10.1. The van der Waals surface area contributed by atoms with Crippen LogP contribution in [0.25, 0.3) is 0 Å². The van der Waals surface area contributed by atoms with Gasteiger partial charge in [0.25, 0.3) is 0 Å². The molecule has 7 heteroatoms. The summed E-state index contributed by atoms with van der Waals surface area (Å²) in [6.07, 6.45) is 0. The number of nitrogens with one attached hydrogen (secondary N) is 1. The van der Waals surface area contributed by atoms with Crippen LogP contribution in [0, 0.1) is 6.92 Å². The second kappa shape index (κ2) is 7.42. The Kier molecular flexibility index (Phi) is 5.58. The lowest BCUT2D eigenvalue weighted by Gasteiger charge is -2.32. The summed E-state index contributed by atoms with van der Waals surface area (Å²) >= 11 is 0. The molecule has 7 nitrogen and oxygen atoms in total. The summed E-state index contributed by atoms with van der Waals surface area (Å²) < 4.78 is 10.3. The average molecular weight is 296 g/mol. The Balaban J connectivity index is 1.72. The first-order valence-electron chi connectivity index (χ1n) is 7.29. The van der Waals surface area contributed by atoms with E-state index in [0.29, 0.717) is 19.1 Å². The number of hydrogen-bond donors (Lipinski definition) is 1. The highest BCUT2D eigenvalue weighted by Gasteiger charge is 2.18. The Hall–Kier alpha value is -1.60. The van der Waals surface area contributed by atoms with E-state index in [1.54, 1.807) is 11.9 Å². The van der Waals surface area contributed by atoms with Crippen LogP contribution in [0.5, 0.6) is 0 Å². The molecule has 0 radical (unpaired) electrons. The molecule has 0 bridgehead atoms. The molecule has 21 heavy (non-hydrogen) atoms. The summed E-state index contributed by atoms with van der Waals surface area (Å²) in [6, 6.07) is 2.04. The molecule has 118 valence electrons. The quantitative estimate of drug-likeness (QED) is 0.872. The number of amides is 2. The van der Waals surface area contributed by atoms with Gasteiger partial charge in [0, 0.05) is 38.8 Å². The van der Waals surface area contributed by atoms with Crippen molar-refractivity contribution in [2.45, 2.75) is 26.4 Å². The molecule has 2 rings (SSSR count). The molecule has 2 heterocycles. The van der Waals surface area contributed by atoms with E-state index in [-0.39, 0.29) is 6.03 Å². The standard InChI is InChI=1S/C14H24N4O3/c1-11(18-4-6-20-7-5-18)9-15-14(19)17(3)10-13-8-12(2)21-16-13/h8,11H,4-7,9-10H2,1-3H3,(H,15,19)/t11-/m1/s1. The smallest absolute Gasteiger partial charge is 0.317 e. The molecule has 0 spiro atoms. The maximum absolute atomic E-state index is 12.1. The molecule has 0 aliphatic carbocycles. The largest absolute Gasteiger partial charge is 0.379 e. The Morgan fingerprint density at radius 1 is 1.52 bits per heavy atom. The van der Waals surface area contributed by atoms with Gasteiger partial charge in [-0.3, -0.25) is 4.90 Å². The van der Waals surface area contributed by atoms with Crippen molar-refractivity contribution in [2.75, 3.05) is 39.9 Å². The molecule has 1 aromatic heterocycles. The van der Waals surface area contributed by atoms with Gasteiger partial charge in [-0.2, -0.15) is 0 Å². The number of carbonyl (C=O) groups excluding carboxylic acids is 1. The van der Waals surface area contributed by atoms with Crippen LogP contribution in [0.3, 0.4) is 0 Å². The summed E-state index contributed by atoms with van der Waals surface area (Å²) in [5.41, 5.74) is 0.756. The first-order valence-corrected chi connectivity index (χ1v) is 7.29. The van der Waals surface area contributed by atoms with Gasteiger partial charge in [0.1, 0.15) is 11.5 Å². The zero-order valence-electron chi connectivity index (χ0n) is 13.0. The predicted octanol–water partition coefficient (Wildman–Crippen LogP) is 0.845. The van der Waals surface area contributed by atoms with Crippen LogP contribution >= 0.6 is 0 Å². The van der Waals surface area contributed by atoms with E-state index in [1.807, 2.05) is 13.0 Å². The van der Waals surface area contributed by atoms with Crippen molar-refractivity contribution in [3.8, 4) is 0 Å². The van der Waals surface area contributed by atoms with E-state index >= 15 is 0 Å². The van der Waals surface area contributed by atoms with Gasteiger partial charge in [-0.25, -0.2) is 4.79 Å². The molecule has 1 fully saturated rings. The van der Waals surface area contributed by atoms with Gasteiger partial charge in [-0.1, -0.05) is 5.16 Å². The minimum absolute atomic E-state index is 0.101. The van der Waals surface area contributed by atoms with Crippen LogP contribution in [0.4, 0.5) is 4.79 Å². The Labute approximate surface area is 125 Å². The highest BCUT2D eigenvalue weighted by atomic mass is 16.5. The van der Waals surface area contributed by atoms with Crippen LogP contribution in [0.2, 0.25) is 0 Å². The Morgan fingerprint density at radius 2 is 2.24 bits per heavy atom. The van der Waals surface area contributed by atoms with E-state index in [4.69, 9.17) is 9.26 Å². The molecule has 2 amide bonds. The fourth-order valence-electron chi connectivity index (χ4n) is 2.32. The molecule has 1 aromatic rings. The van der Waals surface area contributed by atoms with E-state index < -0.39 is 0 Å². The zero-order chi connectivity index (χ0) is 15.2. The average Bonchev–Trinajstić information content (AvgIpc) is 2.90. The molecule has 0 unspecified atom stereocenters. The fourth-order valence-corrected chi connectivity index (χ4v) is 2.32. The lowest BCUT2D eigenvalue weighted by molar-refractivity contribution is 0.0207. The second-order valence-electron chi connectivity index (χ2n) is 5.47. The molecule has 0 aromatic carbocycles. The topological polar surface area (TPSA) is 70.8 Å². The van der Waals surface area contributed by atoms with Gasteiger partial charge in [0.15, 0.2) is 0 Å². The van der Waals surface area contributed by atoms with Crippen molar-refractivity contribution in [2.24, 2.45) is 0 Å². The number of aryl methyl sites for hydroxylation is 1. The number of nitrogens with zero attached hydrogens (tertiary/aromatic N) is 3. The number of carbonyl (C=O) groups is 1. The van der Waals surface area contributed by atoms with Gasteiger partial charge in [0.2, 0.25) is 0 Å². The van der Waals surface area contributed by atoms with Crippen LogP contribution in [0.1, 0.15) is 18.4 Å². The molecule has 1 atom stereocenters. The minimum atomic E-state index is -0.101. The van der Waals surface area contributed by atoms with E-state index in [2.05, 4.69) is 22.3 Å². The van der Waals surface area contributed by atoms with Crippen LogP contribution in [-0.2, 0) is 11.3 Å². The summed E-state index contributed by atoms with van der Waals surface area (Å²) in [4.78, 5) is 16.0. The molecule has 1 aliphatic heterocycles. The van der Waals surface area contributed by atoms with Gasteiger partial charge in [0.05, 0.1) is 19.8 Å². The van der Waals surface area contributed by atoms with E-state index in [0.717, 1.165) is 37.8 Å². The lowest BCUT2D eigenvalue weighted by Crippen LogP contribution is -2.49. The minimum Gasteiger partial charge on any atom is -0.379 e. The van der Waals surface area contributed by atoms with Crippen molar-refractivity contribution in [1.82, 2.24) is 20.3 Å². The number of ether oxygens (including phenoxy) is 1. The highest BCUT2D eigenvalue weighted by molar-refractivity contribution is 5.73. The van der Waals surface area contributed by atoms with E-state index in [1.165, 1.54) is 0 Å². The molecule has 0 saturated carbocycles. The Morgan fingerprint density at radius 3 is 2.86 bits per heavy atom. The first kappa shape index (κ1) is 15.8. The molecule has 1 saturated heterocycles. The maximum Gasteiger partial charge on any atom is 0.317 e. The summed E-state index contributed by atoms with van der Waals surface area (Å²) in [5, 5.41) is 6.84. The molecular weight excluding hydrogens is 272 g/mol. The molecule has 1 N–H and O–H groups in total. The molecular formula is C14H24N4O3. The van der Waals surface area contributed by atoms with Crippen molar-refractivity contribution < 1.29 is 14.1 Å². The third kappa shape index (κ3) is 4.71. The van der Waals surface area contributed by atoms with Gasteiger partial charge in [-0.15, -0.1) is 0 Å². The van der Waals surface area contributed by atoms with Crippen molar-refractivity contribution in [3.05, 3.63) is 17.5 Å². The lowest BCUT2D eigenvalue weighted by atomic mass is 10.2. The van der Waals surface area contributed by atoms with Gasteiger partial charge < -0.3 is 19.5 Å². The summed E-state index contributed by atoms with van der Waals surface area (Å²) in [7, 11) is 1.75. The van der Waals surface area contributed by atoms with Gasteiger partial charge >= 0.3 is 6.03 Å². The number of morpholine rings is 1. The van der Waals surface area contributed by atoms with Crippen molar-refractivity contribution >= 4 is 6.03 Å². The van der Waals surface area contributed by atoms with Crippen LogP contribution in [-0.4, -0.2) is 66.9 Å². The van der Waals surface area contributed by atoms with Crippen molar-refractivity contribution in [3.63, 3.8) is 0 Å². The predicted molar refractivity (Wildman–Crippen MR) is 78.0 cm³/mol. The summed E-state index contributed by atoms with van der Waals surface area (Å²) in [5.74, 6) is 0.750. The number of hydrogen-bond acceptors (Lipinski definition) is 5. The molecule has 1 aliphatic rings. The number of rotatable bonds is 5. The highest BCUT2D eigenvalue weighted by Crippen LogP contribution is 2.05. The van der Waals surface area contributed by atoms with E-state index in [9.17, 15) is 4.79 Å². The third-order valence-electron chi connectivity index (χ3n) is 3.64. The second-order valence-corrected chi connectivity index (χ2v) is 5.47. The van der Waals surface area contributed by atoms with Crippen molar-refractivity contribution in [1.29, 1.82) is 0 Å². The third-order valence-corrected chi connectivity index (χ3v) is 3.64. The fraction of sp³-hybridized carbons (Fsp3) is 0.714. The zero-order valence-corrected chi connectivity index (χ0v) is 13.0. The normalized spacial score (nSPS) is 17.5. The Bertz CT molecular complexity index is 457. The monoisotopic (exact) mass is 296 g/mol. The van der Waals surface area contributed by atoms with Crippen LogP contribution < -0.4 is 5.32 Å².